The van der Waals surface area contributed by atoms with E-state index in [2.05, 4.69) is 9.32 Å². The fourth-order valence-electron chi connectivity index (χ4n) is 1.17. The van der Waals surface area contributed by atoms with E-state index in [0.717, 1.165) is 0 Å². The molecule has 0 amide bonds. The molecule has 1 aliphatic heterocycles. The average molecular weight is 231 g/mol. The first-order valence-corrected chi connectivity index (χ1v) is 5.61. The second-order valence-corrected chi connectivity index (χ2v) is 4.11. The van der Waals surface area contributed by atoms with Gasteiger partial charge in [0.15, 0.2) is 11.5 Å². The lowest BCUT2D eigenvalue weighted by Gasteiger charge is -2.08. The Morgan fingerprint density at radius 3 is 2.27 bits per heavy atom. The van der Waals surface area contributed by atoms with Crippen molar-refractivity contribution in [1.29, 1.82) is 0 Å². The second-order valence-electron chi connectivity index (χ2n) is 2.89. The molecule has 15 heavy (non-hydrogen) atoms. The minimum atomic E-state index is -3.96. The van der Waals surface area contributed by atoms with E-state index in [1.807, 2.05) is 0 Å². The first kappa shape index (κ1) is 10.2. The summed E-state index contributed by atoms with van der Waals surface area (Å²) in [7, 11) is -3.96. The highest BCUT2D eigenvalue weighted by molar-refractivity contribution is 7.84. The Hall–Kier alpha value is -1.31. The van der Waals surface area contributed by atoms with Crippen LogP contribution >= 0.6 is 0 Å². The minimum absolute atomic E-state index is 0.270. The summed E-state index contributed by atoms with van der Waals surface area (Å²) in [6.07, 6.45) is -0.777. The van der Waals surface area contributed by atoms with E-state index in [9.17, 15) is 8.42 Å². The summed E-state index contributed by atoms with van der Waals surface area (Å²) in [4.78, 5) is 0. The first-order valence-electron chi connectivity index (χ1n) is 4.14. The zero-order valence-corrected chi connectivity index (χ0v) is 8.44. The van der Waals surface area contributed by atoms with Gasteiger partial charge >= 0.3 is 10.3 Å². The van der Waals surface area contributed by atoms with Gasteiger partial charge in [-0.1, -0.05) is 12.1 Å². The number of hydrogen-bond acceptors (Lipinski definition) is 5. The third-order valence-electron chi connectivity index (χ3n) is 1.73. The van der Waals surface area contributed by atoms with Crippen molar-refractivity contribution in [1.82, 2.24) is 0 Å². The summed E-state index contributed by atoms with van der Waals surface area (Å²) in [5.41, 5.74) is 0. The van der Waals surface area contributed by atoms with Crippen LogP contribution in [0.3, 0.4) is 0 Å². The molecule has 0 saturated carbocycles. The summed E-state index contributed by atoms with van der Waals surface area (Å²) < 4.78 is 35.8. The molecular formula is C8H9NO5S. The van der Waals surface area contributed by atoms with Gasteiger partial charge in [0.2, 0.25) is 0 Å². The molecule has 0 aliphatic carbocycles. The molecule has 1 aliphatic rings. The molecule has 0 spiro atoms. The van der Waals surface area contributed by atoms with Gasteiger partial charge in [-0.15, -0.1) is 0 Å². The van der Waals surface area contributed by atoms with E-state index < -0.39 is 16.6 Å². The molecule has 0 unspecified atom stereocenters. The van der Waals surface area contributed by atoms with E-state index in [4.69, 9.17) is 9.47 Å². The van der Waals surface area contributed by atoms with Crippen molar-refractivity contribution < 1.29 is 22.1 Å². The van der Waals surface area contributed by atoms with Crippen molar-refractivity contribution in [2.24, 2.45) is 5.14 Å². The standard InChI is InChI=1S/C8H9NO5S/c9-15(10,11)12-5-8-13-6-3-1-2-4-7(6)14-8/h1-4,8H,5H2,(H2,9,10,11). The van der Waals surface area contributed by atoms with E-state index in [1.165, 1.54) is 0 Å². The van der Waals surface area contributed by atoms with Crippen LogP contribution in [0.2, 0.25) is 0 Å². The molecule has 1 heterocycles. The van der Waals surface area contributed by atoms with Crippen LogP contribution in [0.15, 0.2) is 24.3 Å². The van der Waals surface area contributed by atoms with E-state index >= 15 is 0 Å². The van der Waals surface area contributed by atoms with Gasteiger partial charge in [-0.25, -0.2) is 5.14 Å². The highest BCUT2D eigenvalue weighted by atomic mass is 32.2. The van der Waals surface area contributed by atoms with Crippen molar-refractivity contribution in [2.45, 2.75) is 6.29 Å². The minimum Gasteiger partial charge on any atom is -0.448 e. The van der Waals surface area contributed by atoms with Gasteiger partial charge in [0.25, 0.3) is 6.29 Å². The summed E-state index contributed by atoms with van der Waals surface area (Å²) in [5, 5.41) is 4.66. The number of benzene rings is 1. The predicted molar refractivity (Wildman–Crippen MR) is 50.5 cm³/mol. The molecule has 0 aromatic heterocycles. The SMILES string of the molecule is NS(=O)(=O)OCC1Oc2ccccc2O1. The molecule has 6 nitrogen and oxygen atoms in total. The molecule has 0 fully saturated rings. The third kappa shape index (κ3) is 2.58. The predicted octanol–water partition coefficient (Wildman–Crippen LogP) is 0.00400. The van der Waals surface area contributed by atoms with Crippen molar-refractivity contribution in [2.75, 3.05) is 6.61 Å². The van der Waals surface area contributed by atoms with Gasteiger partial charge in [0, 0.05) is 0 Å². The summed E-state index contributed by atoms with van der Waals surface area (Å²) in [5.74, 6) is 1.11. The molecule has 1 aromatic carbocycles. The monoisotopic (exact) mass is 231 g/mol. The molecule has 0 radical (unpaired) electrons. The largest absolute Gasteiger partial charge is 0.448 e. The lowest BCUT2D eigenvalue weighted by atomic mass is 10.3. The molecule has 0 saturated heterocycles. The Morgan fingerprint density at radius 2 is 1.80 bits per heavy atom. The molecule has 7 heteroatoms. The Kier molecular flexibility index (Phi) is 2.51. The normalized spacial score (nSPS) is 15.5. The maximum absolute atomic E-state index is 10.5. The second kappa shape index (κ2) is 3.69. The van der Waals surface area contributed by atoms with Gasteiger partial charge < -0.3 is 9.47 Å². The lowest BCUT2D eigenvalue weighted by molar-refractivity contribution is 0.00972. The third-order valence-corrected chi connectivity index (χ3v) is 2.20. The van der Waals surface area contributed by atoms with Crippen LogP contribution in [0.1, 0.15) is 0 Å². The summed E-state index contributed by atoms with van der Waals surface area (Å²) in [6, 6.07) is 6.99. The van der Waals surface area contributed by atoms with Crippen LogP contribution in [0.5, 0.6) is 11.5 Å². The number of para-hydroxylation sites is 2. The quantitative estimate of drug-likeness (QED) is 0.791. The zero-order chi connectivity index (χ0) is 10.9. The molecule has 1 aromatic rings. The first-order chi connectivity index (χ1) is 7.04. The topological polar surface area (TPSA) is 87.9 Å². The van der Waals surface area contributed by atoms with Gasteiger partial charge in [0.05, 0.1) is 0 Å². The Morgan fingerprint density at radius 1 is 1.27 bits per heavy atom. The molecule has 82 valence electrons. The molecular weight excluding hydrogens is 222 g/mol. The van der Waals surface area contributed by atoms with Gasteiger partial charge in [0.1, 0.15) is 6.61 Å². The van der Waals surface area contributed by atoms with Crippen LogP contribution in [-0.4, -0.2) is 21.3 Å². The van der Waals surface area contributed by atoms with Crippen LogP contribution in [0.25, 0.3) is 0 Å². The van der Waals surface area contributed by atoms with Crippen molar-refractivity contribution in [3.63, 3.8) is 0 Å². The fourth-order valence-corrected chi connectivity index (χ4v) is 1.47. The van der Waals surface area contributed by atoms with Crippen LogP contribution in [0.4, 0.5) is 0 Å². The maximum Gasteiger partial charge on any atom is 0.333 e. The highest BCUT2D eigenvalue weighted by Crippen LogP contribution is 2.33. The van der Waals surface area contributed by atoms with Gasteiger partial charge in [-0.3, -0.25) is 4.18 Å². The molecule has 0 atom stereocenters. The number of rotatable bonds is 3. The number of nitrogens with two attached hydrogens (primary N) is 1. The fraction of sp³-hybridized carbons (Fsp3) is 0.250. The van der Waals surface area contributed by atoms with E-state index in [-0.39, 0.29) is 6.61 Å². The van der Waals surface area contributed by atoms with Crippen LogP contribution in [0, 0.1) is 0 Å². The number of fused-ring (bicyclic) bond motifs is 1. The average Bonchev–Trinajstić information content (AvgIpc) is 2.56. The van der Waals surface area contributed by atoms with Gasteiger partial charge in [-0.05, 0) is 12.1 Å². The highest BCUT2D eigenvalue weighted by Gasteiger charge is 2.25. The Labute approximate surface area is 86.8 Å². The van der Waals surface area contributed by atoms with Crippen LogP contribution < -0.4 is 14.6 Å². The van der Waals surface area contributed by atoms with E-state index in [1.54, 1.807) is 24.3 Å². The number of hydrogen-bond donors (Lipinski definition) is 1. The Balaban J connectivity index is 1.96. The van der Waals surface area contributed by atoms with Crippen molar-refractivity contribution in [3.8, 4) is 11.5 Å². The van der Waals surface area contributed by atoms with E-state index in [0.29, 0.717) is 11.5 Å². The molecule has 2 N–H and O–H groups in total. The number of ether oxygens (including phenoxy) is 2. The lowest BCUT2D eigenvalue weighted by Crippen LogP contribution is -2.28. The maximum atomic E-state index is 10.5. The summed E-state index contributed by atoms with van der Waals surface area (Å²) >= 11 is 0. The Bertz CT molecular complexity index is 433. The summed E-state index contributed by atoms with van der Waals surface area (Å²) in [6.45, 7) is -0.270. The van der Waals surface area contributed by atoms with Crippen molar-refractivity contribution in [3.05, 3.63) is 24.3 Å². The molecule has 0 bridgehead atoms. The smallest absolute Gasteiger partial charge is 0.333 e. The zero-order valence-electron chi connectivity index (χ0n) is 7.62. The van der Waals surface area contributed by atoms with Gasteiger partial charge in [-0.2, -0.15) is 8.42 Å². The molecule has 2 rings (SSSR count). The van der Waals surface area contributed by atoms with Crippen LogP contribution in [-0.2, 0) is 14.5 Å². The van der Waals surface area contributed by atoms with Crippen molar-refractivity contribution >= 4 is 10.3 Å².